The molecule has 5 rings (SSSR count). The number of anilines is 2. The largest absolute Gasteiger partial charge is 0.497 e. The molecule has 0 aliphatic carbocycles. The fourth-order valence-corrected chi connectivity index (χ4v) is 5.27. The van der Waals surface area contributed by atoms with Gasteiger partial charge in [0.05, 0.1) is 30.7 Å². The Balaban J connectivity index is 1.64. The third kappa shape index (κ3) is 3.09. The third-order valence-corrected chi connectivity index (χ3v) is 6.81. The molecule has 6 nitrogen and oxygen atoms in total. The summed E-state index contributed by atoms with van der Waals surface area (Å²) in [6, 6.07) is 9.62. The highest BCUT2D eigenvalue weighted by Gasteiger charge is 2.65. The van der Waals surface area contributed by atoms with E-state index in [2.05, 4.69) is 0 Å². The summed E-state index contributed by atoms with van der Waals surface area (Å²) in [6.07, 6.45) is 3.81. The molecule has 2 fully saturated rings. The number of carbonyl (C=O) groups excluding carboxylic acids is 3. The van der Waals surface area contributed by atoms with Crippen LogP contribution in [0.3, 0.4) is 0 Å². The summed E-state index contributed by atoms with van der Waals surface area (Å²) < 4.78 is 18.8. The van der Waals surface area contributed by atoms with Crippen LogP contribution in [0.5, 0.6) is 5.75 Å². The van der Waals surface area contributed by atoms with E-state index in [1.165, 1.54) is 24.3 Å². The number of carbonyl (C=O) groups is 3. The predicted molar refractivity (Wildman–Crippen MR) is 122 cm³/mol. The quantitative estimate of drug-likeness (QED) is 0.668. The number of Topliss-reactive ketones (excluding diaryl/α,β-unsaturated/α-hetero) is 1. The van der Waals surface area contributed by atoms with Gasteiger partial charge in [-0.05, 0) is 42.5 Å². The molecule has 2 aromatic rings. The fraction of sp³-hybridized carbons (Fsp3) is 0.346. The molecule has 4 atom stereocenters. The molecular weight excluding hydrogens is 423 g/mol. The first-order chi connectivity index (χ1) is 15.6. The number of imide groups is 1. The lowest BCUT2D eigenvalue weighted by Gasteiger charge is -2.38. The minimum atomic E-state index is -0.822. The molecule has 2 aromatic carbocycles. The summed E-state index contributed by atoms with van der Waals surface area (Å²) >= 11 is 0. The number of amides is 2. The lowest BCUT2D eigenvalue weighted by molar-refractivity contribution is -0.132. The zero-order valence-electron chi connectivity index (χ0n) is 18.9. The number of rotatable bonds is 3. The zero-order chi connectivity index (χ0) is 23.7. The Kier molecular flexibility index (Phi) is 4.71. The molecule has 0 radical (unpaired) electrons. The fourth-order valence-electron chi connectivity index (χ4n) is 5.27. The van der Waals surface area contributed by atoms with Gasteiger partial charge >= 0.3 is 0 Å². The van der Waals surface area contributed by atoms with Crippen molar-refractivity contribution in [2.45, 2.75) is 32.9 Å². The topological polar surface area (TPSA) is 66.9 Å². The predicted octanol–water partition coefficient (Wildman–Crippen LogP) is 3.84. The van der Waals surface area contributed by atoms with E-state index in [4.69, 9.17) is 4.74 Å². The summed E-state index contributed by atoms with van der Waals surface area (Å²) in [4.78, 5) is 44.0. The number of hydrogen-bond donors (Lipinski definition) is 0. The molecule has 0 saturated carbocycles. The molecular formula is C26H25FN2O4. The summed E-state index contributed by atoms with van der Waals surface area (Å²) in [6.45, 7) is 5.47. The van der Waals surface area contributed by atoms with Crippen molar-refractivity contribution >= 4 is 35.0 Å². The summed E-state index contributed by atoms with van der Waals surface area (Å²) in [5, 5.41) is 0. The Morgan fingerprint density at radius 1 is 1.00 bits per heavy atom. The van der Waals surface area contributed by atoms with Crippen LogP contribution in [0.1, 0.15) is 26.3 Å². The number of ether oxygens (including phenoxy) is 1. The van der Waals surface area contributed by atoms with Gasteiger partial charge in [-0.25, -0.2) is 9.29 Å². The summed E-state index contributed by atoms with van der Waals surface area (Å²) in [7, 11) is 1.59. The van der Waals surface area contributed by atoms with E-state index >= 15 is 0 Å². The standard InChI is InChI=1S/C26H25FN2O4/c1-26(2,3)23(30)22-21-20(24(31)28(25(21)32)16-8-6-15(27)7-9-16)19-11-5-14-13-17(33-4)10-12-18(14)29(19)22/h5-13,19-22H,1-4H3/t19-,20+,21-,22+/m1/s1. The van der Waals surface area contributed by atoms with Gasteiger partial charge in [0.25, 0.3) is 0 Å². The van der Waals surface area contributed by atoms with Crippen molar-refractivity contribution in [1.29, 1.82) is 0 Å². The highest BCUT2D eigenvalue weighted by molar-refractivity contribution is 6.25. The molecule has 0 aromatic heterocycles. The maximum atomic E-state index is 13.7. The van der Waals surface area contributed by atoms with E-state index < -0.39 is 41.1 Å². The molecule has 2 amide bonds. The SMILES string of the molecule is COc1ccc2c(c1)C=C[C@@H]1[C@@H]3C(=O)N(c4ccc(F)cc4)C(=O)[C@H]3[C@@H](C(=O)C(C)(C)C)N21. The van der Waals surface area contributed by atoms with Crippen LogP contribution in [0.25, 0.3) is 6.08 Å². The third-order valence-electron chi connectivity index (χ3n) is 6.81. The normalized spacial score (nSPS) is 25.7. The summed E-state index contributed by atoms with van der Waals surface area (Å²) in [5.41, 5.74) is 1.27. The van der Waals surface area contributed by atoms with Gasteiger partial charge in [0, 0.05) is 16.7 Å². The van der Waals surface area contributed by atoms with Crippen LogP contribution < -0.4 is 14.5 Å². The van der Waals surface area contributed by atoms with Crippen LogP contribution in [0.4, 0.5) is 15.8 Å². The van der Waals surface area contributed by atoms with Gasteiger partial charge in [-0.3, -0.25) is 14.4 Å². The minimum absolute atomic E-state index is 0.0980. The Morgan fingerprint density at radius 3 is 2.30 bits per heavy atom. The van der Waals surface area contributed by atoms with Gasteiger partial charge in [0.2, 0.25) is 11.8 Å². The van der Waals surface area contributed by atoms with Crippen molar-refractivity contribution in [2.24, 2.45) is 17.3 Å². The number of ketones is 1. The van der Waals surface area contributed by atoms with Crippen LogP contribution >= 0.6 is 0 Å². The highest BCUT2D eigenvalue weighted by atomic mass is 19.1. The van der Waals surface area contributed by atoms with Crippen molar-refractivity contribution in [3.05, 3.63) is 59.9 Å². The first kappa shape index (κ1) is 21.4. The van der Waals surface area contributed by atoms with Crippen molar-refractivity contribution in [2.75, 3.05) is 16.9 Å². The average molecular weight is 448 g/mol. The molecule has 2 saturated heterocycles. The van der Waals surface area contributed by atoms with Gasteiger partial charge in [0.1, 0.15) is 17.6 Å². The highest BCUT2D eigenvalue weighted by Crippen LogP contribution is 2.50. The van der Waals surface area contributed by atoms with E-state index in [0.717, 1.165) is 16.2 Å². The molecule has 170 valence electrons. The van der Waals surface area contributed by atoms with Crippen molar-refractivity contribution in [3.63, 3.8) is 0 Å². The van der Waals surface area contributed by atoms with Gasteiger partial charge in [-0.1, -0.05) is 32.9 Å². The van der Waals surface area contributed by atoms with Gasteiger partial charge in [0.15, 0.2) is 5.78 Å². The van der Waals surface area contributed by atoms with E-state index in [1.807, 2.05) is 56.0 Å². The van der Waals surface area contributed by atoms with Crippen LogP contribution in [0.15, 0.2) is 48.5 Å². The Morgan fingerprint density at radius 2 is 1.67 bits per heavy atom. The smallest absolute Gasteiger partial charge is 0.240 e. The molecule has 0 spiro atoms. The number of benzene rings is 2. The Bertz CT molecular complexity index is 1200. The van der Waals surface area contributed by atoms with E-state index in [0.29, 0.717) is 11.4 Å². The van der Waals surface area contributed by atoms with E-state index in [9.17, 15) is 18.8 Å². The Labute approximate surface area is 191 Å². The lowest BCUT2D eigenvalue weighted by Crippen LogP contribution is -2.51. The number of fused-ring (bicyclic) bond motifs is 5. The second-order valence-corrected chi connectivity index (χ2v) is 9.78. The van der Waals surface area contributed by atoms with Crippen LogP contribution in [0, 0.1) is 23.1 Å². The van der Waals surface area contributed by atoms with E-state index in [1.54, 1.807) is 7.11 Å². The van der Waals surface area contributed by atoms with Crippen molar-refractivity contribution in [3.8, 4) is 5.75 Å². The second kappa shape index (κ2) is 7.27. The minimum Gasteiger partial charge on any atom is -0.497 e. The van der Waals surface area contributed by atoms with Crippen LogP contribution in [-0.2, 0) is 14.4 Å². The monoisotopic (exact) mass is 448 g/mol. The average Bonchev–Trinajstić information content (AvgIpc) is 3.26. The molecule has 0 bridgehead atoms. The molecule has 0 unspecified atom stereocenters. The molecule has 3 heterocycles. The molecule has 3 aliphatic rings. The van der Waals surface area contributed by atoms with Gasteiger partial charge in [-0.15, -0.1) is 0 Å². The second-order valence-electron chi connectivity index (χ2n) is 9.78. The number of methoxy groups -OCH3 is 1. The van der Waals surface area contributed by atoms with E-state index in [-0.39, 0.29) is 11.7 Å². The van der Waals surface area contributed by atoms with Gasteiger partial charge < -0.3 is 9.64 Å². The van der Waals surface area contributed by atoms with Crippen molar-refractivity contribution in [1.82, 2.24) is 0 Å². The van der Waals surface area contributed by atoms with Crippen LogP contribution in [-0.4, -0.2) is 36.8 Å². The van der Waals surface area contributed by atoms with Crippen molar-refractivity contribution < 1.29 is 23.5 Å². The molecule has 33 heavy (non-hydrogen) atoms. The van der Waals surface area contributed by atoms with Gasteiger partial charge in [-0.2, -0.15) is 0 Å². The molecule has 3 aliphatic heterocycles. The summed E-state index contributed by atoms with van der Waals surface area (Å²) in [5.74, 6) is -2.17. The molecule has 0 N–H and O–H groups in total. The number of hydrogen-bond acceptors (Lipinski definition) is 5. The first-order valence-corrected chi connectivity index (χ1v) is 11.0. The Hall–Kier alpha value is -3.48. The lowest BCUT2D eigenvalue weighted by atomic mass is 9.79. The maximum Gasteiger partial charge on any atom is 0.240 e. The van der Waals surface area contributed by atoms with Crippen LogP contribution in [0.2, 0.25) is 0 Å². The zero-order valence-corrected chi connectivity index (χ0v) is 18.9. The number of nitrogens with zero attached hydrogens (tertiary/aromatic N) is 2. The first-order valence-electron chi connectivity index (χ1n) is 11.0. The number of halogens is 1. The molecule has 7 heteroatoms. The maximum absolute atomic E-state index is 13.7.